The van der Waals surface area contributed by atoms with Gasteiger partial charge in [0.05, 0.1) is 12.0 Å². The highest BCUT2D eigenvalue weighted by Gasteiger charge is 2.34. The van der Waals surface area contributed by atoms with Crippen LogP contribution in [-0.2, 0) is 4.79 Å². The Balaban J connectivity index is 1.52. The van der Waals surface area contributed by atoms with Gasteiger partial charge in [-0.2, -0.15) is 4.98 Å². The van der Waals surface area contributed by atoms with Crippen molar-refractivity contribution in [2.75, 3.05) is 29.2 Å². The summed E-state index contributed by atoms with van der Waals surface area (Å²) in [5.41, 5.74) is 0.516. The Hall–Kier alpha value is -3.43. The third-order valence-corrected chi connectivity index (χ3v) is 5.04. The van der Waals surface area contributed by atoms with Gasteiger partial charge in [0.2, 0.25) is 17.7 Å². The molecule has 2 aromatic rings. The summed E-state index contributed by atoms with van der Waals surface area (Å²) in [6.45, 7) is 0.612. The highest BCUT2D eigenvalue weighted by Crippen LogP contribution is 2.32. The fourth-order valence-electron chi connectivity index (χ4n) is 3.34. The van der Waals surface area contributed by atoms with Crippen molar-refractivity contribution in [3.8, 4) is 5.75 Å². The third kappa shape index (κ3) is 4.20. The van der Waals surface area contributed by atoms with Crippen LogP contribution < -0.4 is 20.3 Å². The number of carbonyl (C=O) groups excluding carboxylic acids is 1. The maximum atomic E-state index is 12.8. The van der Waals surface area contributed by atoms with Crippen LogP contribution in [0.3, 0.4) is 0 Å². The lowest BCUT2D eigenvalue weighted by Crippen LogP contribution is -2.40. The van der Waals surface area contributed by atoms with E-state index in [1.54, 1.807) is 36.3 Å². The first-order valence-corrected chi connectivity index (χ1v) is 9.54. The molecule has 1 saturated heterocycles. The summed E-state index contributed by atoms with van der Waals surface area (Å²) in [6, 6.07) is 6.87. The van der Waals surface area contributed by atoms with E-state index in [-0.39, 0.29) is 23.5 Å². The van der Waals surface area contributed by atoms with E-state index in [0.29, 0.717) is 30.4 Å². The van der Waals surface area contributed by atoms with Crippen molar-refractivity contribution in [2.45, 2.75) is 37.8 Å². The van der Waals surface area contributed by atoms with Crippen LogP contribution in [0.1, 0.15) is 25.7 Å². The first-order chi connectivity index (χ1) is 14.0. The summed E-state index contributed by atoms with van der Waals surface area (Å²) in [4.78, 5) is 34.0. The predicted octanol–water partition coefficient (Wildman–Crippen LogP) is 2.58. The van der Waals surface area contributed by atoms with Crippen molar-refractivity contribution in [1.82, 2.24) is 9.97 Å². The molecule has 2 N–H and O–H groups in total. The minimum Gasteiger partial charge on any atom is -0.497 e. The molecule has 0 unspecified atom stereocenters. The normalized spacial score (nSPS) is 18.4. The van der Waals surface area contributed by atoms with Crippen LogP contribution in [0.2, 0.25) is 0 Å². The zero-order valence-electron chi connectivity index (χ0n) is 16.0. The molecule has 4 rings (SSSR count). The largest absolute Gasteiger partial charge is 0.497 e. The Morgan fingerprint density at radius 3 is 2.69 bits per heavy atom. The van der Waals surface area contributed by atoms with Crippen molar-refractivity contribution in [3.63, 3.8) is 0 Å². The molecule has 10 heteroatoms. The molecule has 0 spiro atoms. The summed E-state index contributed by atoms with van der Waals surface area (Å²) in [6.07, 6.45) is 4.62. The van der Waals surface area contributed by atoms with Crippen LogP contribution in [0.25, 0.3) is 0 Å². The molecule has 1 atom stereocenters. The number of hydrogen-bond donors (Lipinski definition) is 2. The van der Waals surface area contributed by atoms with Gasteiger partial charge >= 0.3 is 5.69 Å². The van der Waals surface area contributed by atoms with E-state index in [9.17, 15) is 14.9 Å². The maximum absolute atomic E-state index is 12.8. The van der Waals surface area contributed by atoms with Crippen LogP contribution in [0, 0.1) is 10.1 Å². The highest BCUT2D eigenvalue weighted by atomic mass is 16.6. The number of ether oxygens (including phenoxy) is 1. The molecule has 1 aliphatic heterocycles. The van der Waals surface area contributed by atoms with Crippen LogP contribution in [0.15, 0.2) is 30.5 Å². The van der Waals surface area contributed by atoms with Gasteiger partial charge in [0.25, 0.3) is 0 Å². The fraction of sp³-hybridized carbons (Fsp3) is 0.421. The third-order valence-electron chi connectivity index (χ3n) is 5.04. The second-order valence-electron chi connectivity index (χ2n) is 7.15. The van der Waals surface area contributed by atoms with Crippen molar-refractivity contribution in [2.24, 2.45) is 0 Å². The molecule has 1 saturated carbocycles. The topological polar surface area (TPSA) is 123 Å². The minimum atomic E-state index is -0.494. The highest BCUT2D eigenvalue weighted by molar-refractivity contribution is 5.97. The molecule has 10 nitrogen and oxygen atoms in total. The number of benzene rings is 1. The van der Waals surface area contributed by atoms with Gasteiger partial charge in [0.15, 0.2) is 0 Å². The molecule has 152 valence electrons. The van der Waals surface area contributed by atoms with Gasteiger partial charge in [-0.05, 0) is 49.9 Å². The van der Waals surface area contributed by atoms with Gasteiger partial charge in [-0.3, -0.25) is 14.9 Å². The summed E-state index contributed by atoms with van der Waals surface area (Å²) >= 11 is 0. The molecule has 2 aliphatic rings. The maximum Gasteiger partial charge on any atom is 0.329 e. The number of amides is 1. The summed E-state index contributed by atoms with van der Waals surface area (Å²) < 4.78 is 5.13. The number of nitro groups is 1. The monoisotopic (exact) mass is 398 g/mol. The zero-order chi connectivity index (χ0) is 20.4. The van der Waals surface area contributed by atoms with Crippen LogP contribution in [-0.4, -0.2) is 46.5 Å². The molecule has 2 heterocycles. The summed E-state index contributed by atoms with van der Waals surface area (Å²) in [7, 11) is 1.58. The van der Waals surface area contributed by atoms with Gasteiger partial charge in [0, 0.05) is 18.3 Å². The standard InChI is InChI=1S/C19H22N6O4/c1-29-14-8-6-13(7-9-14)22-18(26)15-3-2-10-24(15)19-20-11-16(25(27)28)17(23-19)21-12-4-5-12/h6-9,11-12,15H,2-5,10H2,1H3,(H,22,26)(H,20,21,23)/t15-/m0/s1. The lowest BCUT2D eigenvalue weighted by Gasteiger charge is -2.24. The Morgan fingerprint density at radius 2 is 2.03 bits per heavy atom. The zero-order valence-corrected chi connectivity index (χ0v) is 16.0. The Kier molecular flexibility index (Phi) is 5.15. The van der Waals surface area contributed by atoms with E-state index in [4.69, 9.17) is 4.74 Å². The predicted molar refractivity (Wildman–Crippen MR) is 107 cm³/mol. The molecule has 0 radical (unpaired) electrons. The second-order valence-corrected chi connectivity index (χ2v) is 7.15. The second kappa shape index (κ2) is 7.90. The van der Waals surface area contributed by atoms with Crippen LogP contribution >= 0.6 is 0 Å². The number of anilines is 3. The first-order valence-electron chi connectivity index (χ1n) is 9.54. The SMILES string of the molecule is COc1ccc(NC(=O)[C@@H]2CCCN2c2ncc([N+](=O)[O-])c(NC3CC3)n2)cc1. The smallest absolute Gasteiger partial charge is 0.329 e. The lowest BCUT2D eigenvalue weighted by atomic mass is 10.2. The average molecular weight is 398 g/mol. The van der Waals surface area contributed by atoms with E-state index in [1.807, 2.05) is 0 Å². The number of nitrogens with one attached hydrogen (secondary N) is 2. The molecular weight excluding hydrogens is 376 g/mol. The minimum absolute atomic E-state index is 0.154. The van der Waals surface area contributed by atoms with E-state index in [2.05, 4.69) is 20.6 Å². The quantitative estimate of drug-likeness (QED) is 0.539. The molecule has 1 aromatic heterocycles. The first kappa shape index (κ1) is 18.9. The van der Waals surface area contributed by atoms with Crippen molar-refractivity contribution in [3.05, 3.63) is 40.6 Å². The molecule has 1 aliphatic carbocycles. The summed E-state index contributed by atoms with van der Waals surface area (Å²) in [5, 5.41) is 17.3. The van der Waals surface area contributed by atoms with Crippen molar-refractivity contribution in [1.29, 1.82) is 0 Å². The van der Waals surface area contributed by atoms with Gasteiger partial charge in [-0.25, -0.2) is 4.98 Å². The molecule has 2 fully saturated rings. The Morgan fingerprint density at radius 1 is 1.28 bits per heavy atom. The van der Waals surface area contributed by atoms with E-state index in [1.165, 1.54) is 6.20 Å². The Labute approximate surface area is 167 Å². The van der Waals surface area contributed by atoms with Gasteiger partial charge in [-0.15, -0.1) is 0 Å². The molecule has 1 aromatic carbocycles. The molecule has 1 amide bonds. The Bertz CT molecular complexity index is 915. The number of carbonyl (C=O) groups is 1. The van der Waals surface area contributed by atoms with Crippen molar-refractivity contribution < 1.29 is 14.5 Å². The van der Waals surface area contributed by atoms with E-state index >= 15 is 0 Å². The van der Waals surface area contributed by atoms with Gasteiger partial charge < -0.3 is 20.3 Å². The lowest BCUT2D eigenvalue weighted by molar-refractivity contribution is -0.384. The van der Waals surface area contributed by atoms with Crippen LogP contribution in [0.4, 0.5) is 23.1 Å². The number of nitrogens with zero attached hydrogens (tertiary/aromatic N) is 4. The number of hydrogen-bond acceptors (Lipinski definition) is 8. The number of aromatic nitrogens is 2. The van der Waals surface area contributed by atoms with E-state index < -0.39 is 11.0 Å². The molecule has 0 bridgehead atoms. The van der Waals surface area contributed by atoms with Gasteiger partial charge in [0.1, 0.15) is 18.0 Å². The van der Waals surface area contributed by atoms with Crippen LogP contribution in [0.5, 0.6) is 5.75 Å². The van der Waals surface area contributed by atoms with E-state index in [0.717, 1.165) is 19.3 Å². The molecule has 29 heavy (non-hydrogen) atoms. The molecular formula is C19H22N6O4. The number of methoxy groups -OCH3 is 1. The fourth-order valence-corrected chi connectivity index (χ4v) is 3.34. The van der Waals surface area contributed by atoms with Gasteiger partial charge in [-0.1, -0.05) is 0 Å². The van der Waals surface area contributed by atoms with Crippen molar-refractivity contribution >= 4 is 29.0 Å². The number of rotatable bonds is 7. The average Bonchev–Trinajstić information content (AvgIpc) is 3.39. The summed E-state index contributed by atoms with van der Waals surface area (Å²) in [5.74, 6) is 1.08.